The molecule has 2 aromatic rings. The number of nitriles is 1. The number of carbonyl (C=O) groups excluding carboxylic acids is 1. The number of aryl methyl sites for hydroxylation is 1. The molecule has 1 saturated heterocycles. The minimum atomic E-state index is -0.294. The SMILES string of the molecule is COc1ccc(C(C#N)N2CCN(C(=O)CCc3ccccc3)CC2)cc1. The van der Waals surface area contributed by atoms with Crippen molar-refractivity contribution >= 4 is 5.91 Å². The first-order valence-electron chi connectivity index (χ1n) is 9.30. The van der Waals surface area contributed by atoms with Gasteiger partial charge in [0.2, 0.25) is 5.91 Å². The smallest absolute Gasteiger partial charge is 0.222 e. The topological polar surface area (TPSA) is 56.6 Å². The molecule has 27 heavy (non-hydrogen) atoms. The summed E-state index contributed by atoms with van der Waals surface area (Å²) in [6.45, 7) is 2.76. The van der Waals surface area contributed by atoms with Gasteiger partial charge < -0.3 is 9.64 Å². The van der Waals surface area contributed by atoms with Gasteiger partial charge in [0.1, 0.15) is 11.8 Å². The highest BCUT2D eigenvalue weighted by atomic mass is 16.5. The van der Waals surface area contributed by atoms with Gasteiger partial charge in [0.15, 0.2) is 0 Å². The lowest BCUT2D eigenvalue weighted by molar-refractivity contribution is -0.133. The number of rotatable bonds is 6. The number of hydrogen-bond donors (Lipinski definition) is 0. The van der Waals surface area contributed by atoms with Crippen LogP contribution in [0.1, 0.15) is 23.6 Å². The Bertz CT molecular complexity index is 775. The van der Waals surface area contributed by atoms with Crippen LogP contribution in [0.5, 0.6) is 5.75 Å². The summed E-state index contributed by atoms with van der Waals surface area (Å²) in [4.78, 5) is 16.5. The van der Waals surface area contributed by atoms with Gasteiger partial charge in [-0.15, -0.1) is 0 Å². The molecule has 5 heteroatoms. The lowest BCUT2D eigenvalue weighted by Crippen LogP contribution is -2.49. The molecule has 0 saturated carbocycles. The van der Waals surface area contributed by atoms with E-state index in [1.165, 1.54) is 5.56 Å². The van der Waals surface area contributed by atoms with E-state index < -0.39 is 0 Å². The zero-order valence-corrected chi connectivity index (χ0v) is 15.7. The lowest BCUT2D eigenvalue weighted by atomic mass is 10.0. The Morgan fingerprint density at radius 2 is 1.74 bits per heavy atom. The average Bonchev–Trinajstić information content (AvgIpc) is 2.74. The van der Waals surface area contributed by atoms with Gasteiger partial charge in [-0.2, -0.15) is 5.26 Å². The van der Waals surface area contributed by atoms with E-state index in [1.807, 2.05) is 47.4 Å². The molecule has 1 amide bonds. The number of benzene rings is 2. The van der Waals surface area contributed by atoms with E-state index in [2.05, 4.69) is 23.1 Å². The van der Waals surface area contributed by atoms with E-state index in [4.69, 9.17) is 4.74 Å². The summed E-state index contributed by atoms with van der Waals surface area (Å²) in [5.41, 5.74) is 2.15. The first kappa shape index (κ1) is 18.9. The van der Waals surface area contributed by atoms with E-state index in [0.29, 0.717) is 32.6 Å². The maximum absolute atomic E-state index is 12.5. The van der Waals surface area contributed by atoms with Crippen LogP contribution in [0.3, 0.4) is 0 Å². The van der Waals surface area contributed by atoms with Gasteiger partial charge in [0.05, 0.1) is 13.2 Å². The molecule has 0 aromatic heterocycles. The zero-order valence-electron chi connectivity index (χ0n) is 15.7. The Labute approximate surface area is 160 Å². The van der Waals surface area contributed by atoms with Gasteiger partial charge in [-0.1, -0.05) is 42.5 Å². The molecule has 1 unspecified atom stereocenters. The number of carbonyl (C=O) groups is 1. The molecule has 0 aliphatic carbocycles. The molecule has 2 aromatic carbocycles. The molecule has 1 atom stereocenters. The minimum absolute atomic E-state index is 0.191. The molecule has 0 spiro atoms. The van der Waals surface area contributed by atoms with Crippen LogP contribution in [0.15, 0.2) is 54.6 Å². The van der Waals surface area contributed by atoms with Crippen LogP contribution in [-0.2, 0) is 11.2 Å². The van der Waals surface area contributed by atoms with Gasteiger partial charge in [-0.05, 0) is 29.7 Å². The number of nitrogens with zero attached hydrogens (tertiary/aromatic N) is 3. The van der Waals surface area contributed by atoms with Gasteiger partial charge >= 0.3 is 0 Å². The van der Waals surface area contributed by atoms with Crippen molar-refractivity contribution in [3.05, 3.63) is 65.7 Å². The monoisotopic (exact) mass is 363 g/mol. The molecule has 3 rings (SSSR count). The quantitative estimate of drug-likeness (QED) is 0.792. The van der Waals surface area contributed by atoms with Crippen molar-refractivity contribution in [2.75, 3.05) is 33.3 Å². The number of piperazine rings is 1. The predicted octanol–water partition coefficient (Wildman–Crippen LogP) is 3.04. The lowest BCUT2D eigenvalue weighted by Gasteiger charge is -2.37. The molecule has 140 valence electrons. The van der Waals surface area contributed by atoms with Gasteiger partial charge in [-0.25, -0.2) is 0 Å². The van der Waals surface area contributed by atoms with Crippen molar-refractivity contribution in [1.29, 1.82) is 5.26 Å². The second kappa shape index (κ2) is 9.20. The molecular formula is C22H25N3O2. The highest BCUT2D eigenvalue weighted by Crippen LogP contribution is 2.24. The van der Waals surface area contributed by atoms with Crippen LogP contribution < -0.4 is 4.74 Å². The van der Waals surface area contributed by atoms with Crippen LogP contribution in [-0.4, -0.2) is 49.0 Å². The molecule has 0 N–H and O–H groups in total. The van der Waals surface area contributed by atoms with Crippen LogP contribution in [0, 0.1) is 11.3 Å². The molecule has 0 radical (unpaired) electrons. The third-order valence-electron chi connectivity index (χ3n) is 5.06. The van der Waals surface area contributed by atoms with Crippen molar-refractivity contribution in [3.63, 3.8) is 0 Å². The Morgan fingerprint density at radius 3 is 2.33 bits per heavy atom. The fourth-order valence-electron chi connectivity index (χ4n) is 3.44. The second-order valence-electron chi connectivity index (χ2n) is 6.71. The maximum Gasteiger partial charge on any atom is 0.222 e. The Kier molecular flexibility index (Phi) is 6.45. The Hall–Kier alpha value is -2.84. The van der Waals surface area contributed by atoms with Crippen molar-refractivity contribution in [2.24, 2.45) is 0 Å². The standard InChI is InChI=1S/C22H25N3O2/c1-27-20-10-8-19(9-11-20)21(17-23)24-13-15-25(16-14-24)22(26)12-7-18-5-3-2-4-6-18/h2-6,8-11,21H,7,12-16H2,1H3. The highest BCUT2D eigenvalue weighted by Gasteiger charge is 2.26. The predicted molar refractivity (Wildman–Crippen MR) is 104 cm³/mol. The van der Waals surface area contributed by atoms with Crippen LogP contribution in [0.25, 0.3) is 0 Å². The molecule has 1 fully saturated rings. The van der Waals surface area contributed by atoms with Gasteiger partial charge in [0.25, 0.3) is 0 Å². The van der Waals surface area contributed by atoms with Crippen LogP contribution >= 0.6 is 0 Å². The average molecular weight is 363 g/mol. The van der Waals surface area contributed by atoms with E-state index in [1.54, 1.807) is 7.11 Å². The number of hydrogen-bond acceptors (Lipinski definition) is 4. The summed E-state index contributed by atoms with van der Waals surface area (Å²) in [5, 5.41) is 9.64. The summed E-state index contributed by atoms with van der Waals surface area (Å²) >= 11 is 0. The number of amides is 1. The fourth-order valence-corrected chi connectivity index (χ4v) is 3.44. The maximum atomic E-state index is 12.5. The van der Waals surface area contributed by atoms with E-state index in [9.17, 15) is 10.1 Å². The van der Waals surface area contributed by atoms with Crippen LogP contribution in [0.4, 0.5) is 0 Å². The molecule has 1 aliphatic heterocycles. The molecule has 1 aliphatic rings. The van der Waals surface area contributed by atoms with E-state index in [0.717, 1.165) is 17.7 Å². The first-order chi connectivity index (χ1) is 13.2. The number of methoxy groups -OCH3 is 1. The molecule has 0 bridgehead atoms. The first-order valence-corrected chi connectivity index (χ1v) is 9.30. The van der Waals surface area contributed by atoms with Gasteiger partial charge in [0, 0.05) is 32.6 Å². The third kappa shape index (κ3) is 4.87. The zero-order chi connectivity index (χ0) is 19.1. The summed E-state index contributed by atoms with van der Waals surface area (Å²) in [5.74, 6) is 0.973. The highest BCUT2D eigenvalue weighted by molar-refractivity contribution is 5.76. The summed E-state index contributed by atoms with van der Waals surface area (Å²) < 4.78 is 5.18. The normalized spacial score (nSPS) is 15.8. The van der Waals surface area contributed by atoms with Crippen molar-refractivity contribution in [1.82, 2.24) is 9.80 Å². The summed E-state index contributed by atoms with van der Waals surface area (Å²) in [6.07, 6.45) is 1.30. The molecular weight excluding hydrogens is 338 g/mol. The third-order valence-corrected chi connectivity index (χ3v) is 5.06. The van der Waals surface area contributed by atoms with E-state index >= 15 is 0 Å². The minimum Gasteiger partial charge on any atom is -0.497 e. The number of ether oxygens (including phenoxy) is 1. The second-order valence-corrected chi connectivity index (χ2v) is 6.71. The summed E-state index contributed by atoms with van der Waals surface area (Å²) in [7, 11) is 1.63. The largest absolute Gasteiger partial charge is 0.497 e. The van der Waals surface area contributed by atoms with Crippen molar-refractivity contribution in [2.45, 2.75) is 18.9 Å². The summed E-state index contributed by atoms with van der Waals surface area (Å²) in [6, 6.07) is 19.8. The van der Waals surface area contributed by atoms with E-state index in [-0.39, 0.29) is 11.9 Å². The van der Waals surface area contributed by atoms with Gasteiger partial charge in [-0.3, -0.25) is 9.69 Å². The van der Waals surface area contributed by atoms with Crippen LogP contribution in [0.2, 0.25) is 0 Å². The van der Waals surface area contributed by atoms with Crippen molar-refractivity contribution in [3.8, 4) is 11.8 Å². The van der Waals surface area contributed by atoms with Crippen molar-refractivity contribution < 1.29 is 9.53 Å². The molecule has 1 heterocycles. The fraction of sp³-hybridized carbons (Fsp3) is 0.364. The Morgan fingerprint density at radius 1 is 1.07 bits per heavy atom. The molecule has 5 nitrogen and oxygen atoms in total. The Balaban J connectivity index is 1.52.